The van der Waals surface area contributed by atoms with Gasteiger partial charge in [-0.3, -0.25) is 0 Å². The van der Waals surface area contributed by atoms with Gasteiger partial charge in [0.05, 0.1) is 6.10 Å². The highest BCUT2D eigenvalue weighted by atomic mass is 28.4. The molecule has 2 nitrogen and oxygen atoms in total. The number of hydrogen-bond donors (Lipinski definition) is 1. The van der Waals surface area contributed by atoms with Gasteiger partial charge < -0.3 is 9.53 Å². The minimum Gasteiger partial charge on any atom is -0.417 e. The molecule has 0 rings (SSSR count). The molecule has 27 heavy (non-hydrogen) atoms. The summed E-state index contributed by atoms with van der Waals surface area (Å²) in [5.74, 6) is 0. The molecule has 0 aromatic heterocycles. The van der Waals surface area contributed by atoms with E-state index in [2.05, 4.69) is 52.9 Å². The van der Waals surface area contributed by atoms with Crippen molar-refractivity contribution in [3.63, 3.8) is 0 Å². The quantitative estimate of drug-likeness (QED) is 0.153. The van der Waals surface area contributed by atoms with E-state index in [0.717, 1.165) is 25.9 Å². The SMILES string of the molecule is CCCCCC[C@@H](O)C/C=C\CCCCCCCCO[Si](C)(C)C(C)(C)C. The highest BCUT2D eigenvalue weighted by molar-refractivity contribution is 6.74. The van der Waals surface area contributed by atoms with Crippen LogP contribution in [0.1, 0.15) is 111 Å². The second-order valence-electron chi connectivity index (χ2n) is 9.73. The highest BCUT2D eigenvalue weighted by Gasteiger charge is 2.36. The molecule has 0 unspecified atom stereocenters. The molecular weight excluding hydrogens is 348 g/mol. The Balaban J connectivity index is 3.42. The van der Waals surface area contributed by atoms with E-state index in [1.807, 2.05) is 0 Å². The largest absolute Gasteiger partial charge is 0.417 e. The molecule has 0 aliphatic rings. The lowest BCUT2D eigenvalue weighted by atomic mass is 10.1. The van der Waals surface area contributed by atoms with Crippen LogP contribution in [0.15, 0.2) is 12.2 Å². The maximum Gasteiger partial charge on any atom is 0.191 e. The Morgan fingerprint density at radius 3 is 2.07 bits per heavy atom. The molecule has 0 radical (unpaired) electrons. The highest BCUT2D eigenvalue weighted by Crippen LogP contribution is 2.36. The minimum atomic E-state index is -1.54. The van der Waals surface area contributed by atoms with Gasteiger partial charge in [0.25, 0.3) is 0 Å². The fourth-order valence-corrected chi connectivity index (χ4v) is 4.00. The molecule has 0 aliphatic carbocycles. The van der Waals surface area contributed by atoms with E-state index in [1.165, 1.54) is 64.2 Å². The van der Waals surface area contributed by atoms with Gasteiger partial charge in [0.2, 0.25) is 0 Å². The third kappa shape index (κ3) is 15.5. The Hall–Kier alpha value is -0.123. The van der Waals surface area contributed by atoms with Crippen LogP contribution < -0.4 is 0 Å². The fourth-order valence-electron chi connectivity index (χ4n) is 2.91. The first-order valence-electron chi connectivity index (χ1n) is 11.7. The van der Waals surface area contributed by atoms with Crippen LogP contribution in [-0.4, -0.2) is 26.1 Å². The van der Waals surface area contributed by atoms with E-state index in [0.29, 0.717) is 5.04 Å². The maximum atomic E-state index is 9.93. The van der Waals surface area contributed by atoms with E-state index in [-0.39, 0.29) is 6.10 Å². The van der Waals surface area contributed by atoms with Crippen molar-refractivity contribution in [1.82, 2.24) is 0 Å². The van der Waals surface area contributed by atoms with Crippen LogP contribution in [0.4, 0.5) is 0 Å². The summed E-state index contributed by atoms with van der Waals surface area (Å²) in [6.07, 6.45) is 20.1. The van der Waals surface area contributed by atoms with Crippen LogP contribution in [0.5, 0.6) is 0 Å². The van der Waals surface area contributed by atoms with Gasteiger partial charge in [-0.25, -0.2) is 0 Å². The second-order valence-corrected chi connectivity index (χ2v) is 14.5. The molecule has 0 fully saturated rings. The van der Waals surface area contributed by atoms with Gasteiger partial charge in [0.1, 0.15) is 0 Å². The first kappa shape index (κ1) is 26.9. The Morgan fingerprint density at radius 2 is 1.44 bits per heavy atom. The fraction of sp³-hybridized carbons (Fsp3) is 0.917. The Bertz CT molecular complexity index is 358. The normalized spacial score (nSPS) is 14.2. The van der Waals surface area contributed by atoms with Gasteiger partial charge in [-0.2, -0.15) is 0 Å². The van der Waals surface area contributed by atoms with Gasteiger partial charge in [0.15, 0.2) is 8.32 Å². The molecular formula is C24H50O2Si. The molecule has 1 atom stereocenters. The predicted octanol–water partition coefficient (Wildman–Crippen LogP) is 8.02. The van der Waals surface area contributed by atoms with Crippen molar-refractivity contribution in [2.75, 3.05) is 6.61 Å². The van der Waals surface area contributed by atoms with E-state index >= 15 is 0 Å². The molecule has 0 heterocycles. The zero-order valence-electron chi connectivity index (χ0n) is 19.5. The topological polar surface area (TPSA) is 29.5 Å². The van der Waals surface area contributed by atoms with Crippen LogP contribution >= 0.6 is 0 Å². The van der Waals surface area contributed by atoms with Gasteiger partial charge in [-0.15, -0.1) is 0 Å². The van der Waals surface area contributed by atoms with E-state index in [9.17, 15) is 5.11 Å². The maximum absolute atomic E-state index is 9.93. The average molecular weight is 399 g/mol. The number of rotatable bonds is 17. The molecule has 0 aliphatic heterocycles. The Morgan fingerprint density at radius 1 is 0.852 bits per heavy atom. The molecule has 3 heteroatoms. The van der Waals surface area contributed by atoms with E-state index < -0.39 is 8.32 Å². The average Bonchev–Trinajstić information content (AvgIpc) is 2.58. The lowest BCUT2D eigenvalue weighted by Crippen LogP contribution is -2.40. The molecule has 0 spiro atoms. The van der Waals surface area contributed by atoms with E-state index in [1.54, 1.807) is 0 Å². The Labute approximate surface area is 172 Å². The van der Waals surface area contributed by atoms with Crippen LogP contribution in [-0.2, 0) is 4.43 Å². The predicted molar refractivity (Wildman–Crippen MR) is 124 cm³/mol. The summed E-state index contributed by atoms with van der Waals surface area (Å²) in [4.78, 5) is 0. The molecule has 0 bridgehead atoms. The van der Waals surface area contributed by atoms with E-state index in [4.69, 9.17) is 4.43 Å². The van der Waals surface area contributed by atoms with Crippen LogP contribution in [0.2, 0.25) is 18.1 Å². The zero-order chi connectivity index (χ0) is 20.6. The van der Waals surface area contributed by atoms with Crippen molar-refractivity contribution in [1.29, 1.82) is 0 Å². The summed E-state index contributed by atoms with van der Waals surface area (Å²) in [6.45, 7) is 14.8. The smallest absolute Gasteiger partial charge is 0.191 e. The molecule has 0 saturated heterocycles. The van der Waals surface area contributed by atoms with Crippen LogP contribution in [0.25, 0.3) is 0 Å². The summed E-state index contributed by atoms with van der Waals surface area (Å²) in [7, 11) is -1.54. The van der Waals surface area contributed by atoms with Gasteiger partial charge in [-0.1, -0.05) is 91.2 Å². The molecule has 0 aromatic carbocycles. The molecule has 1 N–H and O–H groups in total. The van der Waals surface area contributed by atoms with Crippen LogP contribution in [0, 0.1) is 0 Å². The lowest BCUT2D eigenvalue weighted by molar-refractivity contribution is 0.163. The number of allylic oxidation sites excluding steroid dienone is 1. The van der Waals surface area contributed by atoms with Crippen molar-refractivity contribution < 1.29 is 9.53 Å². The van der Waals surface area contributed by atoms with Gasteiger partial charge in [-0.05, 0) is 50.2 Å². The summed E-state index contributed by atoms with van der Waals surface area (Å²) >= 11 is 0. The number of hydrogen-bond acceptors (Lipinski definition) is 2. The van der Waals surface area contributed by atoms with Crippen LogP contribution in [0.3, 0.4) is 0 Å². The molecule has 0 amide bonds. The Kier molecular flexibility index (Phi) is 15.7. The first-order chi connectivity index (χ1) is 12.7. The summed E-state index contributed by atoms with van der Waals surface area (Å²) in [5, 5.41) is 10.3. The molecule has 0 aromatic rings. The van der Waals surface area contributed by atoms with Crippen molar-refractivity contribution in [3.05, 3.63) is 12.2 Å². The molecule has 162 valence electrons. The number of unbranched alkanes of at least 4 members (excludes halogenated alkanes) is 9. The van der Waals surface area contributed by atoms with Gasteiger partial charge in [0, 0.05) is 6.61 Å². The third-order valence-electron chi connectivity index (χ3n) is 6.00. The number of aliphatic hydroxyl groups is 1. The minimum absolute atomic E-state index is 0.133. The van der Waals surface area contributed by atoms with Crippen molar-refractivity contribution in [2.24, 2.45) is 0 Å². The summed E-state index contributed by atoms with van der Waals surface area (Å²) in [5.41, 5.74) is 0. The standard InChI is InChI=1S/C24H50O2Si/c1-7-8-9-17-20-23(25)21-18-15-13-11-10-12-14-16-19-22-26-27(5,6)24(2,3)4/h15,18,23,25H,7-14,16-17,19-22H2,1-6H3/b18-15-/t23-/m1/s1. The van der Waals surface area contributed by atoms with Gasteiger partial charge >= 0.3 is 0 Å². The lowest BCUT2D eigenvalue weighted by Gasteiger charge is -2.36. The second kappa shape index (κ2) is 15.8. The van der Waals surface area contributed by atoms with Crippen molar-refractivity contribution in [2.45, 2.75) is 135 Å². The first-order valence-corrected chi connectivity index (χ1v) is 14.6. The molecule has 0 saturated carbocycles. The van der Waals surface area contributed by atoms with Crippen molar-refractivity contribution >= 4 is 8.32 Å². The summed E-state index contributed by atoms with van der Waals surface area (Å²) in [6, 6.07) is 0. The number of aliphatic hydroxyl groups excluding tert-OH is 1. The monoisotopic (exact) mass is 398 g/mol. The van der Waals surface area contributed by atoms with Crippen molar-refractivity contribution in [3.8, 4) is 0 Å². The summed E-state index contributed by atoms with van der Waals surface area (Å²) < 4.78 is 6.23. The third-order valence-corrected chi connectivity index (χ3v) is 10.5. The zero-order valence-corrected chi connectivity index (χ0v) is 20.5.